The number of hydrogen-bond donors (Lipinski definition) is 1. The van der Waals surface area contributed by atoms with Crippen LogP contribution in [0.4, 0.5) is 5.69 Å². The molecule has 3 aliphatic rings. The number of carbonyl (C=O) groups is 2. The molecule has 4 rings (SSSR count). The Kier molecular flexibility index (Phi) is 4.75. The average Bonchev–Trinajstić information content (AvgIpc) is 3.15. The van der Waals surface area contributed by atoms with E-state index in [1.165, 1.54) is 18.4 Å². The monoisotopic (exact) mass is 369 g/mol. The predicted octanol–water partition coefficient (Wildman–Crippen LogP) is 2.71. The van der Waals surface area contributed by atoms with E-state index in [2.05, 4.69) is 38.2 Å². The van der Waals surface area contributed by atoms with Crippen molar-refractivity contribution in [2.45, 2.75) is 71.0 Å². The SMILES string of the molecule is Cc1cc(C)c(N2CC(C(=O)N(C)C3CC4CCC(C3)N4)CC2=O)c(C)c1. The molecule has 0 aromatic heterocycles. The Balaban J connectivity index is 1.48. The van der Waals surface area contributed by atoms with Gasteiger partial charge in [0.25, 0.3) is 0 Å². The summed E-state index contributed by atoms with van der Waals surface area (Å²) < 4.78 is 0. The minimum absolute atomic E-state index is 0.0715. The molecule has 1 aromatic rings. The van der Waals surface area contributed by atoms with Crippen LogP contribution in [-0.2, 0) is 9.59 Å². The molecule has 5 nitrogen and oxygen atoms in total. The zero-order chi connectivity index (χ0) is 19.3. The molecule has 0 saturated carbocycles. The smallest absolute Gasteiger partial charge is 0.228 e. The maximum atomic E-state index is 13.2. The van der Waals surface area contributed by atoms with Gasteiger partial charge in [0.1, 0.15) is 0 Å². The summed E-state index contributed by atoms with van der Waals surface area (Å²) in [5.41, 5.74) is 4.41. The topological polar surface area (TPSA) is 52.7 Å². The molecule has 2 bridgehead atoms. The van der Waals surface area contributed by atoms with Crippen LogP contribution >= 0.6 is 0 Å². The van der Waals surface area contributed by atoms with Crippen LogP contribution in [-0.4, -0.2) is 48.4 Å². The molecular formula is C22H31N3O2. The number of carbonyl (C=O) groups excluding carboxylic acids is 2. The molecule has 1 aromatic carbocycles. The number of rotatable bonds is 3. The zero-order valence-corrected chi connectivity index (χ0v) is 16.9. The van der Waals surface area contributed by atoms with E-state index in [-0.39, 0.29) is 17.7 Å². The van der Waals surface area contributed by atoms with Crippen molar-refractivity contribution in [3.05, 3.63) is 28.8 Å². The van der Waals surface area contributed by atoms with Crippen molar-refractivity contribution >= 4 is 17.5 Å². The van der Waals surface area contributed by atoms with Crippen LogP contribution in [0.1, 0.15) is 48.8 Å². The lowest BCUT2D eigenvalue weighted by molar-refractivity contribution is -0.137. The average molecular weight is 370 g/mol. The van der Waals surface area contributed by atoms with Gasteiger partial charge in [0.2, 0.25) is 11.8 Å². The summed E-state index contributed by atoms with van der Waals surface area (Å²) in [5.74, 6) is -0.0168. The lowest BCUT2D eigenvalue weighted by atomic mass is 9.96. The van der Waals surface area contributed by atoms with E-state index in [1.807, 2.05) is 16.8 Å². The van der Waals surface area contributed by atoms with Gasteiger partial charge in [-0.2, -0.15) is 0 Å². The molecule has 3 fully saturated rings. The molecule has 1 N–H and O–H groups in total. The Bertz CT molecular complexity index is 740. The van der Waals surface area contributed by atoms with Gasteiger partial charge in [0.05, 0.1) is 5.92 Å². The third-order valence-corrected chi connectivity index (χ3v) is 6.72. The Labute approximate surface area is 162 Å². The number of piperidine rings is 1. The summed E-state index contributed by atoms with van der Waals surface area (Å²) in [6.07, 6.45) is 4.86. The van der Waals surface area contributed by atoms with E-state index < -0.39 is 0 Å². The van der Waals surface area contributed by atoms with Gasteiger partial charge in [0, 0.05) is 43.8 Å². The summed E-state index contributed by atoms with van der Waals surface area (Å²) in [4.78, 5) is 29.7. The molecule has 0 radical (unpaired) electrons. The fourth-order valence-electron chi connectivity index (χ4n) is 5.50. The molecule has 3 atom stereocenters. The predicted molar refractivity (Wildman–Crippen MR) is 107 cm³/mol. The second-order valence-corrected chi connectivity index (χ2v) is 8.86. The lowest BCUT2D eigenvalue weighted by Gasteiger charge is -2.36. The molecule has 2 amide bonds. The largest absolute Gasteiger partial charge is 0.342 e. The fourth-order valence-corrected chi connectivity index (χ4v) is 5.50. The Morgan fingerprint density at radius 1 is 1.11 bits per heavy atom. The van der Waals surface area contributed by atoms with Crippen LogP contribution in [0.5, 0.6) is 0 Å². The fraction of sp³-hybridized carbons (Fsp3) is 0.636. The summed E-state index contributed by atoms with van der Waals surface area (Å²) in [6, 6.07) is 5.65. The van der Waals surface area contributed by atoms with Crippen molar-refractivity contribution < 1.29 is 9.59 Å². The summed E-state index contributed by atoms with van der Waals surface area (Å²) >= 11 is 0. The number of anilines is 1. The van der Waals surface area contributed by atoms with Gasteiger partial charge in [-0.15, -0.1) is 0 Å². The van der Waals surface area contributed by atoms with Gasteiger partial charge in [-0.3, -0.25) is 9.59 Å². The Hall–Kier alpha value is -1.88. The van der Waals surface area contributed by atoms with Gasteiger partial charge in [-0.05, 0) is 57.6 Å². The normalized spacial score (nSPS) is 30.1. The van der Waals surface area contributed by atoms with E-state index in [0.717, 1.165) is 29.7 Å². The Morgan fingerprint density at radius 3 is 2.30 bits per heavy atom. The number of hydrogen-bond acceptors (Lipinski definition) is 3. The highest BCUT2D eigenvalue weighted by Crippen LogP contribution is 2.34. The molecule has 146 valence electrons. The van der Waals surface area contributed by atoms with Crippen LogP contribution < -0.4 is 10.2 Å². The number of benzene rings is 1. The van der Waals surface area contributed by atoms with Crippen molar-refractivity contribution in [3.8, 4) is 0 Å². The Morgan fingerprint density at radius 2 is 1.70 bits per heavy atom. The number of nitrogens with zero attached hydrogens (tertiary/aromatic N) is 2. The number of nitrogens with one attached hydrogen (secondary N) is 1. The number of aryl methyl sites for hydroxylation is 3. The first kappa shape index (κ1) is 18.5. The standard InChI is InChI=1S/C22H31N3O2/c1-13-7-14(2)21(15(3)8-13)25-12-16(9-20(25)26)22(27)24(4)19-10-17-5-6-18(11-19)23-17/h7-8,16-19,23H,5-6,9-12H2,1-4H3. The van der Waals surface area contributed by atoms with Crippen molar-refractivity contribution in [3.63, 3.8) is 0 Å². The summed E-state index contributed by atoms with van der Waals surface area (Å²) in [7, 11) is 1.94. The molecule has 0 aliphatic carbocycles. The van der Waals surface area contributed by atoms with Gasteiger partial charge in [-0.1, -0.05) is 17.7 Å². The van der Waals surface area contributed by atoms with Crippen molar-refractivity contribution in [2.75, 3.05) is 18.5 Å². The molecule has 3 saturated heterocycles. The molecule has 3 heterocycles. The summed E-state index contributed by atoms with van der Waals surface area (Å²) in [6.45, 7) is 6.68. The number of amides is 2. The van der Waals surface area contributed by atoms with Crippen LogP contribution in [0, 0.1) is 26.7 Å². The van der Waals surface area contributed by atoms with Gasteiger partial charge in [-0.25, -0.2) is 0 Å². The van der Waals surface area contributed by atoms with Crippen molar-refractivity contribution in [2.24, 2.45) is 5.92 Å². The second kappa shape index (κ2) is 6.93. The summed E-state index contributed by atoms with van der Waals surface area (Å²) in [5, 5.41) is 3.64. The molecule has 3 aliphatic heterocycles. The minimum atomic E-state index is -0.227. The van der Waals surface area contributed by atoms with Crippen LogP contribution in [0.15, 0.2) is 12.1 Å². The van der Waals surface area contributed by atoms with E-state index >= 15 is 0 Å². The van der Waals surface area contributed by atoms with E-state index in [1.54, 1.807) is 0 Å². The highest BCUT2D eigenvalue weighted by molar-refractivity contribution is 6.01. The maximum absolute atomic E-state index is 13.2. The third-order valence-electron chi connectivity index (χ3n) is 6.72. The van der Waals surface area contributed by atoms with E-state index in [0.29, 0.717) is 31.1 Å². The van der Waals surface area contributed by atoms with Crippen LogP contribution in [0.2, 0.25) is 0 Å². The first-order valence-electron chi connectivity index (χ1n) is 10.2. The zero-order valence-electron chi connectivity index (χ0n) is 16.9. The molecule has 0 spiro atoms. The molecule has 5 heteroatoms. The third kappa shape index (κ3) is 3.38. The highest BCUT2D eigenvalue weighted by atomic mass is 16.2. The molecule has 27 heavy (non-hydrogen) atoms. The second-order valence-electron chi connectivity index (χ2n) is 8.86. The lowest BCUT2D eigenvalue weighted by Crippen LogP contribution is -2.50. The minimum Gasteiger partial charge on any atom is -0.342 e. The molecular weight excluding hydrogens is 338 g/mol. The van der Waals surface area contributed by atoms with E-state index in [4.69, 9.17) is 0 Å². The van der Waals surface area contributed by atoms with Gasteiger partial charge in [0.15, 0.2) is 0 Å². The maximum Gasteiger partial charge on any atom is 0.228 e. The number of fused-ring (bicyclic) bond motifs is 2. The van der Waals surface area contributed by atoms with Crippen LogP contribution in [0.25, 0.3) is 0 Å². The van der Waals surface area contributed by atoms with E-state index in [9.17, 15) is 9.59 Å². The molecule has 3 unspecified atom stereocenters. The van der Waals surface area contributed by atoms with Crippen molar-refractivity contribution in [1.82, 2.24) is 10.2 Å². The van der Waals surface area contributed by atoms with Crippen molar-refractivity contribution in [1.29, 1.82) is 0 Å². The van der Waals surface area contributed by atoms with Gasteiger partial charge < -0.3 is 15.1 Å². The first-order valence-corrected chi connectivity index (χ1v) is 10.2. The van der Waals surface area contributed by atoms with Crippen LogP contribution in [0.3, 0.4) is 0 Å². The van der Waals surface area contributed by atoms with Gasteiger partial charge >= 0.3 is 0 Å². The first-order chi connectivity index (χ1) is 12.8. The quantitative estimate of drug-likeness (QED) is 0.891. The highest BCUT2D eigenvalue weighted by Gasteiger charge is 2.41.